The van der Waals surface area contributed by atoms with E-state index in [9.17, 15) is 0 Å². The van der Waals surface area contributed by atoms with Crippen LogP contribution in [0.15, 0.2) is 6.07 Å². The number of anilines is 3. The van der Waals surface area contributed by atoms with E-state index in [4.69, 9.17) is 5.73 Å². The van der Waals surface area contributed by atoms with E-state index in [1.54, 1.807) is 0 Å². The van der Waals surface area contributed by atoms with Crippen LogP contribution in [0, 0.1) is 5.92 Å². The van der Waals surface area contributed by atoms with E-state index in [-0.39, 0.29) is 0 Å². The number of aromatic nitrogens is 2. The summed E-state index contributed by atoms with van der Waals surface area (Å²) in [4.78, 5) is 13.2. The molecule has 1 aromatic heterocycles. The molecule has 1 saturated heterocycles. The van der Waals surface area contributed by atoms with Gasteiger partial charge in [-0.2, -0.15) is 9.97 Å². The Morgan fingerprint density at radius 1 is 1.40 bits per heavy atom. The zero-order chi connectivity index (χ0) is 14.7. The fraction of sp³-hybridized carbons (Fsp3) is 0.714. The van der Waals surface area contributed by atoms with Crippen LogP contribution in [0.1, 0.15) is 20.3 Å². The predicted octanol–water partition coefficient (Wildman–Crippen LogP) is 1.27. The van der Waals surface area contributed by atoms with Crippen molar-refractivity contribution in [2.75, 3.05) is 49.7 Å². The molecule has 0 aromatic carbocycles. The minimum atomic E-state index is 0.335. The van der Waals surface area contributed by atoms with Crippen LogP contribution in [0.25, 0.3) is 0 Å². The zero-order valence-corrected chi connectivity index (χ0v) is 12.9. The van der Waals surface area contributed by atoms with Crippen LogP contribution in [0.2, 0.25) is 0 Å². The second-order valence-electron chi connectivity index (χ2n) is 5.81. The van der Waals surface area contributed by atoms with Crippen LogP contribution in [0.3, 0.4) is 0 Å². The van der Waals surface area contributed by atoms with E-state index < -0.39 is 0 Å². The maximum atomic E-state index is 5.83. The van der Waals surface area contributed by atoms with Gasteiger partial charge in [0.15, 0.2) is 0 Å². The van der Waals surface area contributed by atoms with E-state index >= 15 is 0 Å². The summed E-state index contributed by atoms with van der Waals surface area (Å²) in [6.45, 7) is 7.30. The van der Waals surface area contributed by atoms with Gasteiger partial charge in [0.25, 0.3) is 0 Å². The molecule has 0 spiro atoms. The van der Waals surface area contributed by atoms with E-state index in [2.05, 4.69) is 53.0 Å². The Hall–Kier alpha value is -1.56. The van der Waals surface area contributed by atoms with Crippen molar-refractivity contribution in [3.63, 3.8) is 0 Å². The smallest absolute Gasteiger partial charge is 0.223 e. The standard InChI is InChI=1S/C14H26N6/c1-5-6-16-12-7-13(18-14(15)17-12)20-8-10(2)11(9-20)19(3)4/h7,10-11H,5-6,8-9H2,1-4H3,(H3,15,16,17,18). The summed E-state index contributed by atoms with van der Waals surface area (Å²) in [6, 6.07) is 2.55. The normalized spacial score (nSPS) is 22.6. The van der Waals surface area contributed by atoms with Crippen molar-refractivity contribution in [2.45, 2.75) is 26.3 Å². The summed E-state index contributed by atoms with van der Waals surface area (Å²) in [5.74, 6) is 2.69. The van der Waals surface area contributed by atoms with Gasteiger partial charge in [0.05, 0.1) is 0 Å². The van der Waals surface area contributed by atoms with Gasteiger partial charge in [0.2, 0.25) is 5.95 Å². The number of nitrogens with zero attached hydrogens (tertiary/aromatic N) is 4. The minimum absolute atomic E-state index is 0.335. The fourth-order valence-electron chi connectivity index (χ4n) is 2.77. The number of nitrogen functional groups attached to an aromatic ring is 1. The number of hydrogen-bond donors (Lipinski definition) is 2. The topological polar surface area (TPSA) is 70.3 Å². The average molecular weight is 278 g/mol. The second-order valence-corrected chi connectivity index (χ2v) is 5.81. The van der Waals surface area contributed by atoms with Crippen molar-refractivity contribution < 1.29 is 0 Å². The molecule has 20 heavy (non-hydrogen) atoms. The van der Waals surface area contributed by atoms with Crippen LogP contribution in [-0.4, -0.2) is 54.6 Å². The molecule has 6 heteroatoms. The largest absolute Gasteiger partial charge is 0.370 e. The van der Waals surface area contributed by atoms with Gasteiger partial charge in [-0.15, -0.1) is 0 Å². The zero-order valence-electron chi connectivity index (χ0n) is 12.9. The van der Waals surface area contributed by atoms with Gasteiger partial charge in [-0.05, 0) is 26.4 Å². The van der Waals surface area contributed by atoms with Crippen molar-refractivity contribution in [1.82, 2.24) is 14.9 Å². The number of nitrogens with two attached hydrogens (primary N) is 1. The van der Waals surface area contributed by atoms with Gasteiger partial charge in [0.1, 0.15) is 11.6 Å². The van der Waals surface area contributed by atoms with Gasteiger partial charge in [0, 0.05) is 31.7 Å². The Bertz CT molecular complexity index is 447. The molecule has 3 N–H and O–H groups in total. The van der Waals surface area contributed by atoms with Crippen LogP contribution in [-0.2, 0) is 0 Å². The molecule has 0 amide bonds. The highest BCUT2D eigenvalue weighted by Crippen LogP contribution is 2.26. The highest BCUT2D eigenvalue weighted by Gasteiger charge is 2.31. The van der Waals surface area contributed by atoms with E-state index in [1.807, 2.05) is 6.07 Å². The third kappa shape index (κ3) is 3.30. The Morgan fingerprint density at radius 3 is 2.75 bits per heavy atom. The van der Waals surface area contributed by atoms with E-state index in [1.165, 1.54) is 0 Å². The first kappa shape index (κ1) is 14.8. The summed E-state index contributed by atoms with van der Waals surface area (Å²) >= 11 is 0. The summed E-state index contributed by atoms with van der Waals surface area (Å²) in [5, 5.41) is 3.28. The molecule has 6 nitrogen and oxygen atoms in total. The summed E-state index contributed by atoms with van der Waals surface area (Å²) < 4.78 is 0. The first-order valence-corrected chi connectivity index (χ1v) is 7.31. The van der Waals surface area contributed by atoms with E-state index in [0.717, 1.165) is 37.7 Å². The molecule has 1 aliphatic heterocycles. The Labute approximate surface area is 121 Å². The lowest BCUT2D eigenvalue weighted by molar-refractivity contribution is 0.266. The average Bonchev–Trinajstić information content (AvgIpc) is 2.78. The molecule has 112 valence electrons. The van der Waals surface area contributed by atoms with Crippen molar-refractivity contribution in [1.29, 1.82) is 0 Å². The van der Waals surface area contributed by atoms with Crippen molar-refractivity contribution in [2.24, 2.45) is 5.92 Å². The van der Waals surface area contributed by atoms with Gasteiger partial charge < -0.3 is 20.9 Å². The van der Waals surface area contributed by atoms with Gasteiger partial charge >= 0.3 is 0 Å². The molecule has 2 rings (SSSR count). The van der Waals surface area contributed by atoms with Crippen LogP contribution in [0.5, 0.6) is 0 Å². The molecule has 0 bridgehead atoms. The van der Waals surface area contributed by atoms with Gasteiger partial charge in [-0.3, -0.25) is 0 Å². The molecule has 1 aliphatic rings. The number of rotatable bonds is 5. The highest BCUT2D eigenvalue weighted by molar-refractivity contribution is 5.53. The van der Waals surface area contributed by atoms with Crippen LogP contribution >= 0.6 is 0 Å². The monoisotopic (exact) mass is 278 g/mol. The molecular formula is C14H26N6. The Morgan fingerprint density at radius 2 is 2.15 bits per heavy atom. The first-order valence-electron chi connectivity index (χ1n) is 7.31. The Balaban J connectivity index is 2.14. The molecule has 2 atom stereocenters. The third-order valence-corrected chi connectivity index (χ3v) is 3.85. The Kier molecular flexibility index (Phi) is 4.65. The third-order valence-electron chi connectivity index (χ3n) is 3.85. The molecule has 1 aromatic rings. The van der Waals surface area contributed by atoms with E-state index in [0.29, 0.717) is 17.9 Å². The quantitative estimate of drug-likeness (QED) is 0.845. The molecule has 0 aliphatic carbocycles. The number of hydrogen-bond acceptors (Lipinski definition) is 6. The summed E-state index contributed by atoms with van der Waals surface area (Å²) in [6.07, 6.45) is 1.06. The maximum absolute atomic E-state index is 5.83. The second kappa shape index (κ2) is 6.26. The van der Waals surface area contributed by atoms with Crippen molar-refractivity contribution in [3.8, 4) is 0 Å². The number of nitrogens with one attached hydrogen (secondary N) is 1. The van der Waals surface area contributed by atoms with Crippen LogP contribution in [0.4, 0.5) is 17.6 Å². The van der Waals surface area contributed by atoms with Gasteiger partial charge in [-0.1, -0.05) is 13.8 Å². The van der Waals surface area contributed by atoms with Gasteiger partial charge in [-0.25, -0.2) is 0 Å². The number of likely N-dealkylation sites (N-methyl/N-ethyl adjacent to an activating group) is 1. The lowest BCUT2D eigenvalue weighted by atomic mass is 10.1. The van der Waals surface area contributed by atoms with Crippen molar-refractivity contribution >= 4 is 17.6 Å². The van der Waals surface area contributed by atoms with Crippen LogP contribution < -0.4 is 16.0 Å². The molecule has 0 radical (unpaired) electrons. The molecule has 2 unspecified atom stereocenters. The summed E-state index contributed by atoms with van der Waals surface area (Å²) in [5.41, 5.74) is 5.83. The summed E-state index contributed by atoms with van der Waals surface area (Å²) in [7, 11) is 4.26. The molecule has 1 fully saturated rings. The minimum Gasteiger partial charge on any atom is -0.370 e. The highest BCUT2D eigenvalue weighted by atomic mass is 15.3. The lowest BCUT2D eigenvalue weighted by Crippen LogP contribution is -2.34. The molecular weight excluding hydrogens is 252 g/mol. The fourth-order valence-corrected chi connectivity index (χ4v) is 2.77. The molecule has 2 heterocycles. The lowest BCUT2D eigenvalue weighted by Gasteiger charge is -2.22. The maximum Gasteiger partial charge on any atom is 0.223 e. The van der Waals surface area contributed by atoms with Crippen molar-refractivity contribution in [3.05, 3.63) is 6.07 Å². The molecule has 0 saturated carbocycles. The first-order chi connectivity index (χ1) is 9.51. The predicted molar refractivity (Wildman–Crippen MR) is 84.1 cm³/mol. The SMILES string of the molecule is CCCNc1cc(N2CC(C)C(N(C)C)C2)nc(N)n1.